The molecule has 31 heavy (non-hydrogen) atoms. The first-order valence-electron chi connectivity index (χ1n) is 11.2. The first-order valence-corrected chi connectivity index (χ1v) is 11.2. The molecular weight excluding hydrogens is 393 g/mol. The van der Waals surface area contributed by atoms with Crippen molar-refractivity contribution in [3.05, 3.63) is 59.4 Å². The SMILES string of the molecule is COc1ccc(CCC(=O)NCCCCN2CCN(c3cccc(C)c3)CC2)cc1F. The summed E-state index contributed by atoms with van der Waals surface area (Å²) in [4.78, 5) is 17.0. The van der Waals surface area contributed by atoms with Gasteiger partial charge < -0.3 is 15.0 Å². The summed E-state index contributed by atoms with van der Waals surface area (Å²) in [5.74, 6) is -0.145. The Morgan fingerprint density at radius 2 is 1.90 bits per heavy atom. The third kappa shape index (κ3) is 7.24. The standard InChI is InChI=1S/C25H34FN3O2/c1-20-6-5-7-22(18-20)29-16-14-28(15-17-29)13-4-3-12-27-25(30)11-9-21-8-10-24(31-2)23(26)19-21/h5-8,10,18-19H,3-4,9,11-17H2,1-2H3,(H,27,30). The number of nitrogens with one attached hydrogen (secondary N) is 1. The Balaban J connectivity index is 1.25. The van der Waals surface area contributed by atoms with Crippen molar-refractivity contribution in [3.8, 4) is 5.75 Å². The van der Waals surface area contributed by atoms with Crippen LogP contribution in [-0.4, -0.2) is 57.2 Å². The summed E-state index contributed by atoms with van der Waals surface area (Å²) < 4.78 is 18.6. The number of ether oxygens (including phenoxy) is 1. The lowest BCUT2D eigenvalue weighted by molar-refractivity contribution is -0.121. The van der Waals surface area contributed by atoms with Crippen LogP contribution in [0.25, 0.3) is 0 Å². The number of unbranched alkanes of at least 4 members (excludes halogenated alkanes) is 1. The van der Waals surface area contributed by atoms with E-state index >= 15 is 0 Å². The van der Waals surface area contributed by atoms with E-state index in [0.29, 0.717) is 19.4 Å². The number of halogens is 1. The molecule has 1 saturated heterocycles. The lowest BCUT2D eigenvalue weighted by atomic mass is 10.1. The molecule has 0 saturated carbocycles. The third-order valence-electron chi connectivity index (χ3n) is 5.82. The molecule has 1 aliphatic heterocycles. The number of benzene rings is 2. The first kappa shape index (κ1) is 23.1. The van der Waals surface area contributed by atoms with Crippen molar-refractivity contribution in [1.29, 1.82) is 0 Å². The predicted molar refractivity (Wildman–Crippen MR) is 123 cm³/mol. The molecule has 0 aliphatic carbocycles. The van der Waals surface area contributed by atoms with Crippen molar-refractivity contribution < 1.29 is 13.9 Å². The second-order valence-electron chi connectivity index (χ2n) is 8.19. The number of carbonyl (C=O) groups is 1. The Labute approximate surface area is 185 Å². The van der Waals surface area contributed by atoms with E-state index in [0.717, 1.165) is 51.1 Å². The molecule has 0 radical (unpaired) electrons. The van der Waals surface area contributed by atoms with Crippen LogP contribution in [-0.2, 0) is 11.2 Å². The van der Waals surface area contributed by atoms with Gasteiger partial charge >= 0.3 is 0 Å². The zero-order valence-corrected chi connectivity index (χ0v) is 18.7. The van der Waals surface area contributed by atoms with Gasteiger partial charge in [-0.1, -0.05) is 18.2 Å². The molecular formula is C25H34FN3O2. The summed E-state index contributed by atoms with van der Waals surface area (Å²) in [7, 11) is 1.44. The summed E-state index contributed by atoms with van der Waals surface area (Å²) in [6, 6.07) is 13.5. The van der Waals surface area contributed by atoms with Crippen molar-refractivity contribution in [3.63, 3.8) is 0 Å². The molecule has 0 aromatic heterocycles. The minimum atomic E-state index is -0.389. The average molecular weight is 428 g/mol. The molecule has 2 aromatic carbocycles. The average Bonchev–Trinajstić information content (AvgIpc) is 2.78. The van der Waals surface area contributed by atoms with Gasteiger partial charge in [0.2, 0.25) is 5.91 Å². The summed E-state index contributed by atoms with van der Waals surface area (Å²) in [5, 5.41) is 2.98. The highest BCUT2D eigenvalue weighted by Gasteiger charge is 2.16. The molecule has 5 nitrogen and oxygen atoms in total. The van der Waals surface area contributed by atoms with Gasteiger partial charge in [0, 0.05) is 44.8 Å². The van der Waals surface area contributed by atoms with E-state index in [1.807, 2.05) is 0 Å². The van der Waals surface area contributed by atoms with Gasteiger partial charge in [0.1, 0.15) is 0 Å². The van der Waals surface area contributed by atoms with Crippen molar-refractivity contribution in [1.82, 2.24) is 10.2 Å². The van der Waals surface area contributed by atoms with Gasteiger partial charge in [-0.2, -0.15) is 0 Å². The van der Waals surface area contributed by atoms with Gasteiger partial charge in [0.05, 0.1) is 7.11 Å². The molecule has 0 atom stereocenters. The van der Waals surface area contributed by atoms with Gasteiger partial charge in [-0.15, -0.1) is 0 Å². The number of hydrogen-bond acceptors (Lipinski definition) is 4. The maximum absolute atomic E-state index is 13.7. The smallest absolute Gasteiger partial charge is 0.220 e. The first-order chi connectivity index (χ1) is 15.0. The van der Waals surface area contributed by atoms with Gasteiger partial charge in [-0.25, -0.2) is 4.39 Å². The number of rotatable bonds is 10. The molecule has 0 unspecified atom stereocenters. The van der Waals surface area contributed by atoms with Crippen LogP contribution in [0, 0.1) is 12.7 Å². The highest BCUT2D eigenvalue weighted by molar-refractivity contribution is 5.76. The number of anilines is 1. The fraction of sp³-hybridized carbons (Fsp3) is 0.480. The number of amides is 1. The Bertz CT molecular complexity index is 850. The maximum Gasteiger partial charge on any atom is 0.220 e. The number of hydrogen-bond donors (Lipinski definition) is 1. The number of carbonyl (C=O) groups excluding carboxylic acids is 1. The fourth-order valence-corrected chi connectivity index (χ4v) is 3.95. The summed E-state index contributed by atoms with van der Waals surface area (Å²) >= 11 is 0. The molecule has 6 heteroatoms. The normalized spacial score (nSPS) is 14.5. The largest absolute Gasteiger partial charge is 0.494 e. The molecule has 1 fully saturated rings. The van der Waals surface area contributed by atoms with E-state index in [4.69, 9.17) is 4.74 Å². The lowest BCUT2D eigenvalue weighted by Crippen LogP contribution is -2.46. The molecule has 1 aliphatic rings. The monoisotopic (exact) mass is 427 g/mol. The Morgan fingerprint density at radius 3 is 2.61 bits per heavy atom. The highest BCUT2D eigenvalue weighted by atomic mass is 19.1. The van der Waals surface area contributed by atoms with Crippen molar-refractivity contribution in [2.24, 2.45) is 0 Å². The van der Waals surface area contributed by atoms with Gasteiger partial charge in [0.15, 0.2) is 11.6 Å². The van der Waals surface area contributed by atoms with Crippen LogP contribution in [0.3, 0.4) is 0 Å². The number of piperazine rings is 1. The van der Waals surface area contributed by atoms with Crippen molar-refractivity contribution in [2.75, 3.05) is 51.3 Å². The van der Waals surface area contributed by atoms with E-state index in [-0.39, 0.29) is 17.5 Å². The molecule has 0 spiro atoms. The number of methoxy groups -OCH3 is 1. The molecule has 2 aromatic rings. The highest BCUT2D eigenvalue weighted by Crippen LogP contribution is 2.19. The van der Waals surface area contributed by atoms with Gasteiger partial charge in [0.25, 0.3) is 0 Å². The molecule has 1 amide bonds. The summed E-state index contributed by atoms with van der Waals surface area (Å²) in [6.45, 7) is 8.19. The Kier molecular flexibility index (Phi) is 8.71. The second-order valence-corrected chi connectivity index (χ2v) is 8.19. The maximum atomic E-state index is 13.7. The summed E-state index contributed by atoms with van der Waals surface area (Å²) in [6.07, 6.45) is 2.94. The molecule has 1 heterocycles. The van der Waals surface area contributed by atoms with Crippen LogP contribution in [0.15, 0.2) is 42.5 Å². The van der Waals surface area contributed by atoms with Gasteiger partial charge in [-0.05, 0) is 68.1 Å². The number of aryl methyl sites for hydroxylation is 2. The zero-order valence-electron chi connectivity index (χ0n) is 18.7. The van der Waals surface area contributed by atoms with Crippen LogP contribution in [0.2, 0.25) is 0 Å². The molecule has 1 N–H and O–H groups in total. The number of nitrogens with zero attached hydrogens (tertiary/aromatic N) is 2. The minimum Gasteiger partial charge on any atom is -0.494 e. The zero-order chi connectivity index (χ0) is 22.1. The van der Waals surface area contributed by atoms with Crippen LogP contribution in [0.1, 0.15) is 30.4 Å². The van der Waals surface area contributed by atoms with E-state index in [1.165, 1.54) is 24.4 Å². The van der Waals surface area contributed by atoms with Crippen LogP contribution >= 0.6 is 0 Å². The van der Waals surface area contributed by atoms with Crippen LogP contribution < -0.4 is 15.0 Å². The topological polar surface area (TPSA) is 44.8 Å². The third-order valence-corrected chi connectivity index (χ3v) is 5.82. The minimum absolute atomic E-state index is 0.0167. The van der Waals surface area contributed by atoms with Crippen molar-refractivity contribution >= 4 is 11.6 Å². The molecule has 3 rings (SSSR count). The fourth-order valence-electron chi connectivity index (χ4n) is 3.95. The Hall–Kier alpha value is -2.60. The van der Waals surface area contributed by atoms with Crippen molar-refractivity contribution in [2.45, 2.75) is 32.6 Å². The van der Waals surface area contributed by atoms with Gasteiger partial charge in [-0.3, -0.25) is 9.69 Å². The van der Waals surface area contributed by atoms with E-state index in [1.54, 1.807) is 12.1 Å². The summed E-state index contributed by atoms with van der Waals surface area (Å²) in [5.41, 5.74) is 3.43. The van der Waals surface area contributed by atoms with E-state index < -0.39 is 0 Å². The Morgan fingerprint density at radius 1 is 1.10 bits per heavy atom. The molecule has 0 bridgehead atoms. The lowest BCUT2D eigenvalue weighted by Gasteiger charge is -2.36. The van der Waals surface area contributed by atoms with E-state index in [2.05, 4.69) is 46.3 Å². The van der Waals surface area contributed by atoms with E-state index in [9.17, 15) is 9.18 Å². The van der Waals surface area contributed by atoms with Crippen LogP contribution in [0.5, 0.6) is 5.75 Å². The second kappa shape index (κ2) is 11.7. The quantitative estimate of drug-likeness (QED) is 0.586. The van der Waals surface area contributed by atoms with Crippen LogP contribution in [0.4, 0.5) is 10.1 Å². The predicted octanol–water partition coefficient (Wildman–Crippen LogP) is 3.79. The molecule has 168 valence electrons.